The van der Waals surface area contributed by atoms with Gasteiger partial charge >= 0.3 is 39.2 Å². The van der Waals surface area contributed by atoms with Crippen LogP contribution in [0.2, 0.25) is 5.02 Å². The standard InChI is InChI=1S/C8H3ClO3.Pb.2H/c9-4-1-2-5-6(3-4)8(11)12-7(5)10;;;/h1-3H;;;. The van der Waals surface area contributed by atoms with Crippen molar-refractivity contribution in [2.45, 2.75) is 0 Å². The summed E-state index contributed by atoms with van der Waals surface area (Å²) in [6.45, 7) is 0. The van der Waals surface area contributed by atoms with Gasteiger partial charge in [-0.1, -0.05) is 11.6 Å². The molecule has 13 heavy (non-hydrogen) atoms. The second kappa shape index (κ2) is 3.75. The fourth-order valence-corrected chi connectivity index (χ4v) is 1.23. The van der Waals surface area contributed by atoms with Gasteiger partial charge in [-0.3, -0.25) is 0 Å². The van der Waals surface area contributed by atoms with Gasteiger partial charge in [0.1, 0.15) is 0 Å². The summed E-state index contributed by atoms with van der Waals surface area (Å²) >= 11 is 5.62. The Morgan fingerprint density at radius 3 is 2.38 bits per heavy atom. The first-order valence-electron chi connectivity index (χ1n) is 3.24. The Balaban J connectivity index is 0.000000845. The first-order valence-corrected chi connectivity index (χ1v) is 3.62. The van der Waals surface area contributed by atoms with Crippen molar-refractivity contribution in [1.82, 2.24) is 0 Å². The maximum atomic E-state index is 10.9. The van der Waals surface area contributed by atoms with E-state index >= 15 is 0 Å². The Morgan fingerprint density at radius 2 is 1.69 bits per heavy atom. The van der Waals surface area contributed by atoms with Crippen LogP contribution in [0, 0.1) is 0 Å². The molecule has 5 heteroatoms. The molecule has 2 radical (unpaired) electrons. The van der Waals surface area contributed by atoms with Crippen molar-refractivity contribution in [2.75, 3.05) is 0 Å². The summed E-state index contributed by atoms with van der Waals surface area (Å²) in [6, 6.07) is 4.44. The van der Waals surface area contributed by atoms with Crippen molar-refractivity contribution in [3.8, 4) is 0 Å². The van der Waals surface area contributed by atoms with Gasteiger partial charge in [0, 0.05) is 5.02 Å². The van der Waals surface area contributed by atoms with Gasteiger partial charge < -0.3 is 4.74 Å². The van der Waals surface area contributed by atoms with Crippen LogP contribution in [0.25, 0.3) is 0 Å². The molecule has 66 valence electrons. The molecule has 1 heterocycles. The van der Waals surface area contributed by atoms with Crippen LogP contribution in [0.5, 0.6) is 0 Å². The molecule has 0 N–H and O–H groups in total. The molecule has 0 atom stereocenters. The van der Waals surface area contributed by atoms with Crippen LogP contribution >= 0.6 is 11.6 Å². The minimum atomic E-state index is -0.627. The summed E-state index contributed by atoms with van der Waals surface area (Å²) in [7, 11) is 0. The van der Waals surface area contributed by atoms with E-state index in [0.717, 1.165) is 0 Å². The van der Waals surface area contributed by atoms with Gasteiger partial charge in [0.15, 0.2) is 0 Å². The monoisotopic (exact) mass is 392 g/mol. The number of rotatable bonds is 0. The Labute approximate surface area is 99.2 Å². The van der Waals surface area contributed by atoms with Crippen LogP contribution in [0.15, 0.2) is 18.2 Å². The third-order valence-corrected chi connectivity index (χ3v) is 1.84. The van der Waals surface area contributed by atoms with Crippen LogP contribution in [0.3, 0.4) is 0 Å². The molecule has 0 aromatic heterocycles. The Morgan fingerprint density at radius 1 is 1.08 bits per heavy atom. The van der Waals surface area contributed by atoms with Gasteiger partial charge in [-0.05, 0) is 18.2 Å². The number of carbonyl (C=O) groups is 2. The zero-order chi connectivity index (χ0) is 8.72. The first-order chi connectivity index (χ1) is 5.68. The maximum absolute atomic E-state index is 10.9. The van der Waals surface area contributed by atoms with Gasteiger partial charge in [-0.15, -0.1) is 0 Å². The van der Waals surface area contributed by atoms with Crippen molar-refractivity contribution >= 4 is 50.8 Å². The molecule has 0 amide bonds. The van der Waals surface area contributed by atoms with Gasteiger partial charge in [-0.2, -0.15) is 0 Å². The van der Waals surface area contributed by atoms with Crippen LogP contribution in [-0.2, 0) is 4.74 Å². The van der Waals surface area contributed by atoms with E-state index < -0.39 is 11.9 Å². The molecule has 0 fully saturated rings. The van der Waals surface area contributed by atoms with Gasteiger partial charge in [0.2, 0.25) is 0 Å². The number of hydrogen-bond donors (Lipinski definition) is 0. The number of fused-ring (bicyclic) bond motifs is 1. The van der Waals surface area contributed by atoms with E-state index in [9.17, 15) is 9.59 Å². The summed E-state index contributed by atoms with van der Waals surface area (Å²) in [5.74, 6) is -1.23. The van der Waals surface area contributed by atoms with E-state index in [1.54, 1.807) is 6.07 Å². The number of ether oxygens (including phenoxy) is 1. The number of hydrogen-bond acceptors (Lipinski definition) is 3. The molecule has 1 aromatic rings. The molecule has 0 spiro atoms. The van der Waals surface area contributed by atoms with E-state index in [4.69, 9.17) is 11.6 Å². The van der Waals surface area contributed by atoms with Crippen molar-refractivity contribution in [3.63, 3.8) is 0 Å². The fourth-order valence-electron chi connectivity index (χ4n) is 1.06. The summed E-state index contributed by atoms with van der Waals surface area (Å²) in [6.07, 6.45) is 0. The SMILES string of the molecule is O=C1OC(=O)c2cc(Cl)ccc21.[PbH2]. The molecule has 3 nitrogen and oxygen atoms in total. The Kier molecular flexibility index (Phi) is 3.07. The molecule has 1 aromatic carbocycles. The molecular formula is C8H5ClO3Pb. The Hall–Kier alpha value is -0.428. The molecule has 0 unspecified atom stereocenters. The summed E-state index contributed by atoms with van der Waals surface area (Å²) in [4.78, 5) is 21.8. The number of benzene rings is 1. The molecule has 0 bridgehead atoms. The Bertz CT molecular complexity index is 389. The summed E-state index contributed by atoms with van der Waals surface area (Å²) < 4.78 is 4.35. The van der Waals surface area contributed by atoms with E-state index in [-0.39, 0.29) is 38.4 Å². The summed E-state index contributed by atoms with van der Waals surface area (Å²) in [5.41, 5.74) is 0.525. The molecule has 2 rings (SSSR count). The zero-order valence-electron chi connectivity index (χ0n) is 6.54. The van der Waals surface area contributed by atoms with E-state index in [2.05, 4.69) is 4.74 Å². The van der Waals surface area contributed by atoms with E-state index in [1.165, 1.54) is 12.1 Å². The van der Waals surface area contributed by atoms with Crippen molar-refractivity contribution < 1.29 is 14.3 Å². The quantitative estimate of drug-likeness (QED) is 0.372. The van der Waals surface area contributed by atoms with Crippen LogP contribution in [0.1, 0.15) is 20.7 Å². The molecule has 1 aliphatic heterocycles. The van der Waals surface area contributed by atoms with Crippen LogP contribution in [0.4, 0.5) is 0 Å². The van der Waals surface area contributed by atoms with E-state index in [0.29, 0.717) is 5.02 Å². The number of cyclic esters (lactones) is 2. The van der Waals surface area contributed by atoms with E-state index in [1.807, 2.05) is 0 Å². The molecule has 0 aliphatic carbocycles. The van der Waals surface area contributed by atoms with Crippen molar-refractivity contribution in [2.24, 2.45) is 0 Å². The zero-order valence-corrected chi connectivity index (χ0v) is 12.8. The predicted molar refractivity (Wildman–Crippen MR) is 49.7 cm³/mol. The van der Waals surface area contributed by atoms with Crippen LogP contribution in [-0.4, -0.2) is 39.2 Å². The average molecular weight is 392 g/mol. The normalized spacial score (nSPS) is 13.3. The van der Waals surface area contributed by atoms with Gasteiger partial charge in [0.25, 0.3) is 0 Å². The molecule has 0 saturated heterocycles. The van der Waals surface area contributed by atoms with Crippen molar-refractivity contribution in [1.29, 1.82) is 0 Å². The topological polar surface area (TPSA) is 43.4 Å². The predicted octanol–water partition coefficient (Wildman–Crippen LogP) is 0.734. The first kappa shape index (κ1) is 10.7. The van der Waals surface area contributed by atoms with Gasteiger partial charge in [0.05, 0.1) is 11.1 Å². The second-order valence-corrected chi connectivity index (χ2v) is 2.80. The number of esters is 2. The molecule has 0 saturated carbocycles. The third kappa shape index (κ3) is 1.76. The van der Waals surface area contributed by atoms with Crippen LogP contribution < -0.4 is 0 Å². The average Bonchev–Trinajstić information content (AvgIpc) is 2.28. The fraction of sp³-hybridized carbons (Fsp3) is 0. The number of carbonyl (C=O) groups excluding carboxylic acids is 2. The molecule has 1 aliphatic rings. The summed E-state index contributed by atoms with van der Waals surface area (Å²) in [5, 5.41) is 0.417. The molecular weight excluding hydrogens is 387 g/mol. The third-order valence-electron chi connectivity index (χ3n) is 1.61. The minimum absolute atomic E-state index is 0. The number of halogens is 1. The van der Waals surface area contributed by atoms with Crippen molar-refractivity contribution in [3.05, 3.63) is 34.3 Å². The second-order valence-electron chi connectivity index (χ2n) is 2.37. The van der Waals surface area contributed by atoms with Gasteiger partial charge in [-0.25, -0.2) is 9.59 Å².